The number of imide groups is 1. The Hall–Kier alpha value is -4.11. The second-order valence-electron chi connectivity index (χ2n) is 7.88. The van der Waals surface area contributed by atoms with Crippen LogP contribution >= 0.6 is 12.2 Å². The molecule has 0 aliphatic carbocycles. The number of halogens is 1. The fourth-order valence-electron chi connectivity index (χ4n) is 3.83. The van der Waals surface area contributed by atoms with Crippen LogP contribution in [-0.2, 0) is 20.9 Å². The zero-order valence-corrected chi connectivity index (χ0v) is 19.6. The van der Waals surface area contributed by atoms with Gasteiger partial charge in [-0.25, -0.2) is 14.1 Å². The fourth-order valence-corrected chi connectivity index (χ4v) is 4.14. The fraction of sp³-hybridized carbons (Fsp3) is 0.154. The lowest BCUT2D eigenvalue weighted by Gasteiger charge is -2.30. The molecule has 35 heavy (non-hydrogen) atoms. The number of anilines is 2. The molecule has 4 rings (SSSR count). The van der Waals surface area contributed by atoms with Crippen molar-refractivity contribution in [1.82, 2.24) is 4.90 Å². The maximum atomic E-state index is 13.5. The maximum Gasteiger partial charge on any atom is 0.337 e. The normalized spacial score (nSPS) is 15.1. The van der Waals surface area contributed by atoms with Gasteiger partial charge in [-0.1, -0.05) is 30.3 Å². The standard InChI is InChI=1S/C26H22FN3O4S/c1-34-25(33)18-7-13-21(14-8-18)30-23(31)15-22(24(30)32)29(16-17-5-3-2-4-6-17)26(35)28-20-11-9-19(27)10-12-20/h2-14,22H,15-16H2,1H3,(H,28,35)/t22-/m0/s1. The van der Waals surface area contributed by atoms with E-state index in [4.69, 9.17) is 17.0 Å². The van der Waals surface area contributed by atoms with Crippen molar-refractivity contribution in [2.75, 3.05) is 17.3 Å². The van der Waals surface area contributed by atoms with E-state index in [0.717, 1.165) is 10.5 Å². The van der Waals surface area contributed by atoms with Gasteiger partial charge >= 0.3 is 5.97 Å². The van der Waals surface area contributed by atoms with E-state index >= 15 is 0 Å². The lowest BCUT2D eigenvalue weighted by atomic mass is 10.1. The van der Waals surface area contributed by atoms with Crippen LogP contribution < -0.4 is 10.2 Å². The highest BCUT2D eigenvalue weighted by atomic mass is 32.1. The Labute approximate surface area is 207 Å². The summed E-state index contributed by atoms with van der Waals surface area (Å²) in [4.78, 5) is 40.9. The molecule has 1 atom stereocenters. The molecule has 0 aromatic heterocycles. The van der Waals surface area contributed by atoms with Crippen molar-refractivity contribution in [2.45, 2.75) is 19.0 Å². The number of nitrogens with zero attached hydrogens (tertiary/aromatic N) is 2. The molecule has 3 aromatic rings. The Bertz CT molecular complexity index is 1250. The number of methoxy groups -OCH3 is 1. The van der Waals surface area contributed by atoms with E-state index in [1.165, 1.54) is 43.5 Å². The van der Waals surface area contributed by atoms with E-state index in [-0.39, 0.29) is 29.8 Å². The van der Waals surface area contributed by atoms with Crippen molar-refractivity contribution >= 4 is 46.5 Å². The second kappa shape index (κ2) is 10.4. The summed E-state index contributed by atoms with van der Waals surface area (Å²) < 4.78 is 18.0. The number of esters is 1. The van der Waals surface area contributed by atoms with Crippen LogP contribution in [0.15, 0.2) is 78.9 Å². The molecule has 3 aromatic carbocycles. The summed E-state index contributed by atoms with van der Waals surface area (Å²) in [6.07, 6.45) is -0.0738. The molecule has 1 fully saturated rings. The summed E-state index contributed by atoms with van der Waals surface area (Å²) in [5, 5.41) is 3.27. The van der Waals surface area contributed by atoms with Crippen LogP contribution in [0.3, 0.4) is 0 Å². The molecule has 0 unspecified atom stereocenters. The lowest BCUT2D eigenvalue weighted by Crippen LogP contribution is -2.46. The SMILES string of the molecule is COC(=O)c1ccc(N2C(=O)C[C@H](N(Cc3ccccc3)C(=S)Nc3ccc(F)cc3)C2=O)cc1. The van der Waals surface area contributed by atoms with Crippen LogP contribution in [0.4, 0.5) is 15.8 Å². The molecule has 178 valence electrons. The minimum Gasteiger partial charge on any atom is -0.465 e. The minimum atomic E-state index is -0.844. The van der Waals surface area contributed by atoms with Crippen LogP contribution in [0.2, 0.25) is 0 Å². The molecular weight excluding hydrogens is 469 g/mol. The predicted molar refractivity (Wildman–Crippen MR) is 133 cm³/mol. The number of thiocarbonyl (C=S) groups is 1. The van der Waals surface area contributed by atoms with Crippen molar-refractivity contribution in [3.63, 3.8) is 0 Å². The highest BCUT2D eigenvalue weighted by molar-refractivity contribution is 7.80. The number of hydrogen-bond acceptors (Lipinski definition) is 5. The van der Waals surface area contributed by atoms with Crippen LogP contribution in [0.1, 0.15) is 22.3 Å². The molecule has 0 radical (unpaired) electrons. The van der Waals surface area contributed by atoms with Gasteiger partial charge in [-0.2, -0.15) is 0 Å². The van der Waals surface area contributed by atoms with Crippen molar-refractivity contribution in [3.8, 4) is 0 Å². The highest BCUT2D eigenvalue weighted by Gasteiger charge is 2.43. The number of rotatable bonds is 6. The maximum absolute atomic E-state index is 13.5. The van der Waals surface area contributed by atoms with Crippen molar-refractivity contribution in [1.29, 1.82) is 0 Å². The van der Waals surface area contributed by atoms with E-state index in [1.54, 1.807) is 17.0 Å². The van der Waals surface area contributed by atoms with Gasteiger partial charge in [0, 0.05) is 12.2 Å². The van der Waals surface area contributed by atoms with Crippen LogP contribution in [0.25, 0.3) is 0 Å². The number of hydrogen-bond donors (Lipinski definition) is 1. The largest absolute Gasteiger partial charge is 0.465 e. The van der Waals surface area contributed by atoms with Crippen LogP contribution in [0, 0.1) is 5.82 Å². The van der Waals surface area contributed by atoms with Gasteiger partial charge in [0.25, 0.3) is 5.91 Å². The molecule has 1 heterocycles. The van der Waals surface area contributed by atoms with Gasteiger partial charge < -0.3 is 15.0 Å². The van der Waals surface area contributed by atoms with Gasteiger partial charge in [-0.3, -0.25) is 9.59 Å². The zero-order chi connectivity index (χ0) is 24.9. The molecule has 1 aliphatic heterocycles. The first-order valence-corrected chi connectivity index (χ1v) is 11.2. The Balaban J connectivity index is 1.60. The van der Waals surface area contributed by atoms with Crippen molar-refractivity contribution in [2.24, 2.45) is 0 Å². The molecular formula is C26H22FN3O4S. The Morgan fingerprint density at radius 3 is 2.34 bits per heavy atom. The number of amides is 2. The number of nitrogens with one attached hydrogen (secondary N) is 1. The Morgan fingerprint density at radius 1 is 1.06 bits per heavy atom. The van der Waals surface area contributed by atoms with Gasteiger partial charge in [0.2, 0.25) is 5.91 Å². The van der Waals surface area contributed by atoms with Gasteiger partial charge in [-0.05, 0) is 66.3 Å². The van der Waals surface area contributed by atoms with Gasteiger partial charge in [0.15, 0.2) is 5.11 Å². The van der Waals surface area contributed by atoms with E-state index in [9.17, 15) is 18.8 Å². The van der Waals surface area contributed by atoms with Gasteiger partial charge in [0.1, 0.15) is 11.9 Å². The quantitative estimate of drug-likeness (QED) is 0.315. The summed E-state index contributed by atoms with van der Waals surface area (Å²) in [6.45, 7) is 0.284. The molecule has 0 bridgehead atoms. The lowest BCUT2D eigenvalue weighted by molar-refractivity contribution is -0.122. The monoisotopic (exact) mass is 491 g/mol. The van der Waals surface area contributed by atoms with E-state index in [1.807, 2.05) is 30.3 Å². The first kappa shape index (κ1) is 24.0. The summed E-state index contributed by atoms with van der Waals surface area (Å²) in [7, 11) is 1.28. The summed E-state index contributed by atoms with van der Waals surface area (Å²) >= 11 is 5.62. The number of benzene rings is 3. The first-order chi connectivity index (χ1) is 16.9. The average Bonchev–Trinajstić information content (AvgIpc) is 3.17. The van der Waals surface area contributed by atoms with Gasteiger partial charge in [-0.15, -0.1) is 0 Å². The average molecular weight is 492 g/mol. The highest BCUT2D eigenvalue weighted by Crippen LogP contribution is 2.28. The molecule has 1 saturated heterocycles. The number of carbonyl (C=O) groups excluding carboxylic acids is 3. The molecule has 1 aliphatic rings. The Kier molecular flexibility index (Phi) is 7.17. The van der Waals surface area contributed by atoms with Crippen LogP contribution in [-0.4, -0.2) is 40.9 Å². The van der Waals surface area contributed by atoms with E-state index < -0.39 is 17.9 Å². The Morgan fingerprint density at radius 2 is 1.71 bits per heavy atom. The minimum absolute atomic E-state index is 0.0738. The van der Waals surface area contributed by atoms with Gasteiger partial charge in [0.05, 0.1) is 24.8 Å². The molecule has 7 nitrogen and oxygen atoms in total. The van der Waals surface area contributed by atoms with Crippen molar-refractivity contribution in [3.05, 3.63) is 95.8 Å². The first-order valence-electron chi connectivity index (χ1n) is 10.8. The van der Waals surface area contributed by atoms with Crippen molar-refractivity contribution < 1.29 is 23.5 Å². The molecule has 9 heteroatoms. The molecule has 2 amide bonds. The molecule has 0 spiro atoms. The smallest absolute Gasteiger partial charge is 0.337 e. The van der Waals surface area contributed by atoms with Crippen LogP contribution in [0.5, 0.6) is 0 Å². The topological polar surface area (TPSA) is 79.0 Å². The van der Waals surface area contributed by atoms with E-state index in [2.05, 4.69) is 5.32 Å². The number of carbonyl (C=O) groups is 3. The molecule has 0 saturated carbocycles. The summed E-state index contributed by atoms with van der Waals surface area (Å²) in [5.41, 5.74) is 2.12. The summed E-state index contributed by atoms with van der Waals surface area (Å²) in [6, 6.07) is 20.3. The second-order valence-corrected chi connectivity index (χ2v) is 8.26. The molecule has 1 N–H and O–H groups in total. The third kappa shape index (κ3) is 5.36. The number of ether oxygens (including phenoxy) is 1. The predicted octanol–water partition coefficient (Wildman–Crippen LogP) is 4.14. The van der Waals surface area contributed by atoms with E-state index in [0.29, 0.717) is 16.9 Å². The third-order valence-electron chi connectivity index (χ3n) is 5.60. The zero-order valence-electron chi connectivity index (χ0n) is 18.8. The third-order valence-corrected chi connectivity index (χ3v) is 5.93. The summed E-state index contributed by atoms with van der Waals surface area (Å²) in [5.74, 6) is -1.71.